The second kappa shape index (κ2) is 7.44. The molecule has 3 aromatic rings. The number of aryl methyl sites for hydroxylation is 1. The van der Waals surface area contributed by atoms with Gasteiger partial charge in [-0.15, -0.1) is 0 Å². The van der Waals surface area contributed by atoms with E-state index < -0.39 is 15.8 Å². The van der Waals surface area contributed by atoms with Gasteiger partial charge in [0.15, 0.2) is 0 Å². The molecule has 0 unspecified atom stereocenters. The molecule has 0 aromatic heterocycles. The van der Waals surface area contributed by atoms with E-state index in [4.69, 9.17) is 0 Å². The number of benzene rings is 3. The minimum Gasteiger partial charge on any atom is -0.298 e. The summed E-state index contributed by atoms with van der Waals surface area (Å²) in [5.41, 5.74) is 2.70. The molecule has 0 spiro atoms. The highest BCUT2D eigenvalue weighted by atomic mass is 32.2. The van der Waals surface area contributed by atoms with Crippen LogP contribution < -0.4 is 4.31 Å². The molecule has 0 fully saturated rings. The summed E-state index contributed by atoms with van der Waals surface area (Å²) in [4.78, 5) is 11.8. The summed E-state index contributed by atoms with van der Waals surface area (Å²) in [6, 6.07) is 18.6. The number of aldehydes is 1. The van der Waals surface area contributed by atoms with Gasteiger partial charge in [-0.3, -0.25) is 9.10 Å². The first-order valence-electron chi connectivity index (χ1n) is 9.32. The van der Waals surface area contributed by atoms with E-state index in [0.29, 0.717) is 23.8 Å². The lowest BCUT2D eigenvalue weighted by Crippen LogP contribution is -2.30. The largest absolute Gasteiger partial charge is 0.298 e. The Balaban J connectivity index is 1.83. The molecule has 0 bridgehead atoms. The van der Waals surface area contributed by atoms with Crippen molar-refractivity contribution in [3.8, 4) is 0 Å². The SMILES string of the molecule is Cc1ccc(S(=O)(=O)N2C[C@H](Cc3ccccc3)c3c(C=O)ccc(F)c32)cc1. The Morgan fingerprint density at radius 2 is 1.72 bits per heavy atom. The van der Waals surface area contributed by atoms with Crippen molar-refractivity contribution in [2.75, 3.05) is 10.8 Å². The molecule has 3 aromatic carbocycles. The second-order valence-electron chi connectivity index (χ2n) is 7.25. The summed E-state index contributed by atoms with van der Waals surface area (Å²) in [5, 5.41) is 0. The van der Waals surface area contributed by atoms with Gasteiger partial charge in [-0.2, -0.15) is 0 Å². The van der Waals surface area contributed by atoms with Crippen LogP contribution in [0.15, 0.2) is 71.6 Å². The number of hydrogen-bond donors (Lipinski definition) is 0. The van der Waals surface area contributed by atoms with Crippen molar-refractivity contribution in [1.82, 2.24) is 0 Å². The van der Waals surface area contributed by atoms with Gasteiger partial charge in [-0.25, -0.2) is 12.8 Å². The molecule has 1 aliphatic rings. The zero-order valence-electron chi connectivity index (χ0n) is 15.9. The van der Waals surface area contributed by atoms with Crippen LogP contribution in [0.4, 0.5) is 10.1 Å². The standard InChI is InChI=1S/C23H20FNO3S/c1-16-7-10-20(11-8-16)29(27,28)25-14-19(13-17-5-3-2-4-6-17)22-18(15-26)9-12-21(24)23(22)25/h2-12,15,19H,13-14H2,1H3/t19-/m0/s1. The number of carbonyl (C=O) groups is 1. The number of rotatable bonds is 5. The lowest BCUT2D eigenvalue weighted by Gasteiger charge is -2.20. The van der Waals surface area contributed by atoms with Crippen molar-refractivity contribution < 1.29 is 17.6 Å². The van der Waals surface area contributed by atoms with Crippen LogP contribution in [0.25, 0.3) is 0 Å². The molecule has 0 radical (unpaired) electrons. The molecule has 0 saturated heterocycles. The summed E-state index contributed by atoms with van der Waals surface area (Å²) in [6.45, 7) is 1.95. The van der Waals surface area contributed by atoms with E-state index in [9.17, 15) is 17.6 Å². The van der Waals surface area contributed by atoms with Crippen molar-refractivity contribution in [2.24, 2.45) is 0 Å². The number of halogens is 1. The average molecular weight is 409 g/mol. The molecule has 0 aliphatic carbocycles. The molecule has 1 heterocycles. The predicted octanol–water partition coefficient (Wildman–Crippen LogP) is 4.48. The van der Waals surface area contributed by atoms with Gasteiger partial charge >= 0.3 is 0 Å². The number of carbonyl (C=O) groups excluding carboxylic acids is 1. The van der Waals surface area contributed by atoms with E-state index in [1.54, 1.807) is 12.1 Å². The van der Waals surface area contributed by atoms with Crippen molar-refractivity contribution in [3.05, 3.63) is 94.8 Å². The molecule has 0 amide bonds. The molecular formula is C23H20FNO3S. The van der Waals surface area contributed by atoms with Gasteiger partial charge < -0.3 is 0 Å². The smallest absolute Gasteiger partial charge is 0.264 e. The lowest BCUT2D eigenvalue weighted by molar-refractivity contribution is 0.112. The molecule has 0 N–H and O–H groups in total. The molecule has 1 atom stereocenters. The Hall–Kier alpha value is -2.99. The topological polar surface area (TPSA) is 54.5 Å². The summed E-state index contributed by atoms with van der Waals surface area (Å²) in [7, 11) is -3.96. The highest BCUT2D eigenvalue weighted by Gasteiger charge is 2.40. The molecular weight excluding hydrogens is 389 g/mol. The average Bonchev–Trinajstić information content (AvgIpc) is 3.11. The van der Waals surface area contributed by atoms with Crippen LogP contribution in [-0.4, -0.2) is 21.2 Å². The third kappa shape index (κ3) is 3.44. The maximum atomic E-state index is 14.9. The minimum absolute atomic E-state index is 0.0175. The van der Waals surface area contributed by atoms with E-state index in [-0.39, 0.29) is 23.0 Å². The van der Waals surface area contributed by atoms with E-state index in [2.05, 4.69) is 0 Å². The zero-order valence-corrected chi connectivity index (χ0v) is 16.7. The van der Waals surface area contributed by atoms with Crippen LogP contribution in [-0.2, 0) is 16.4 Å². The monoisotopic (exact) mass is 409 g/mol. The van der Waals surface area contributed by atoms with Crippen LogP contribution in [0.2, 0.25) is 0 Å². The number of anilines is 1. The molecule has 6 heteroatoms. The molecule has 148 valence electrons. The third-order valence-corrected chi connectivity index (χ3v) is 7.09. The normalized spacial score (nSPS) is 15.9. The Bertz CT molecular complexity index is 1160. The first-order chi connectivity index (χ1) is 13.9. The van der Waals surface area contributed by atoms with Crippen molar-refractivity contribution in [1.29, 1.82) is 0 Å². The Labute approximate surface area is 169 Å². The molecule has 4 rings (SSSR count). The maximum Gasteiger partial charge on any atom is 0.264 e. The Morgan fingerprint density at radius 1 is 1.03 bits per heavy atom. The summed E-state index contributed by atoms with van der Waals surface area (Å²) in [6.07, 6.45) is 1.18. The fraction of sp³-hybridized carbons (Fsp3) is 0.174. The Kier molecular flexibility index (Phi) is 4.96. The second-order valence-corrected chi connectivity index (χ2v) is 9.11. The van der Waals surface area contributed by atoms with Gasteiger partial charge in [-0.1, -0.05) is 48.0 Å². The zero-order chi connectivity index (χ0) is 20.6. The van der Waals surface area contributed by atoms with Gasteiger partial charge in [0, 0.05) is 18.0 Å². The minimum atomic E-state index is -3.96. The van der Waals surface area contributed by atoms with Crippen LogP contribution in [0.3, 0.4) is 0 Å². The van der Waals surface area contributed by atoms with Crippen LogP contribution >= 0.6 is 0 Å². The van der Waals surface area contributed by atoms with Crippen LogP contribution in [0.1, 0.15) is 33.0 Å². The van der Waals surface area contributed by atoms with Gasteiger partial charge in [0.2, 0.25) is 0 Å². The van der Waals surface area contributed by atoms with Gasteiger partial charge in [0.05, 0.1) is 10.6 Å². The highest BCUT2D eigenvalue weighted by Crippen LogP contribution is 2.44. The van der Waals surface area contributed by atoms with E-state index in [1.165, 1.54) is 18.2 Å². The fourth-order valence-corrected chi connectivity index (χ4v) is 5.42. The fourth-order valence-electron chi connectivity index (χ4n) is 3.89. The van der Waals surface area contributed by atoms with E-state index >= 15 is 0 Å². The van der Waals surface area contributed by atoms with E-state index in [1.807, 2.05) is 37.3 Å². The van der Waals surface area contributed by atoms with Crippen LogP contribution in [0, 0.1) is 12.7 Å². The number of sulfonamides is 1. The van der Waals surface area contributed by atoms with Gasteiger partial charge in [0.1, 0.15) is 12.1 Å². The van der Waals surface area contributed by atoms with Crippen molar-refractivity contribution in [2.45, 2.75) is 24.2 Å². The number of hydrogen-bond acceptors (Lipinski definition) is 3. The molecule has 29 heavy (non-hydrogen) atoms. The summed E-state index contributed by atoms with van der Waals surface area (Å²) >= 11 is 0. The highest BCUT2D eigenvalue weighted by molar-refractivity contribution is 7.92. The lowest BCUT2D eigenvalue weighted by atomic mass is 9.90. The van der Waals surface area contributed by atoms with Crippen LogP contribution in [0.5, 0.6) is 0 Å². The van der Waals surface area contributed by atoms with Gasteiger partial charge in [0.25, 0.3) is 10.0 Å². The summed E-state index contributed by atoms with van der Waals surface area (Å²) < 4.78 is 42.6. The van der Waals surface area contributed by atoms with Crippen molar-refractivity contribution >= 4 is 22.0 Å². The third-order valence-electron chi connectivity index (χ3n) is 5.31. The predicted molar refractivity (Wildman–Crippen MR) is 110 cm³/mol. The number of nitrogens with zero attached hydrogens (tertiary/aromatic N) is 1. The quantitative estimate of drug-likeness (QED) is 0.584. The number of fused-ring (bicyclic) bond motifs is 1. The van der Waals surface area contributed by atoms with Gasteiger partial charge in [-0.05, 0) is 48.7 Å². The van der Waals surface area contributed by atoms with Crippen molar-refractivity contribution in [3.63, 3.8) is 0 Å². The Morgan fingerprint density at radius 3 is 2.38 bits per heavy atom. The maximum absolute atomic E-state index is 14.9. The molecule has 1 aliphatic heterocycles. The molecule has 4 nitrogen and oxygen atoms in total. The molecule has 0 saturated carbocycles. The van der Waals surface area contributed by atoms with E-state index in [0.717, 1.165) is 21.5 Å². The first-order valence-corrected chi connectivity index (χ1v) is 10.8. The summed E-state index contributed by atoms with van der Waals surface area (Å²) in [5.74, 6) is -0.958. The first kappa shape index (κ1) is 19.3.